The molecule has 0 fully saturated rings. The maximum atomic E-state index is 12.4. The second-order valence-electron chi connectivity index (χ2n) is 2.47. The lowest BCUT2D eigenvalue weighted by molar-refractivity contribution is -0.901. The van der Waals surface area contributed by atoms with Gasteiger partial charge in [-0.3, -0.25) is 5.21 Å². The van der Waals surface area contributed by atoms with E-state index >= 15 is 0 Å². The summed E-state index contributed by atoms with van der Waals surface area (Å²) in [5.41, 5.74) is -2.17. The summed E-state index contributed by atoms with van der Waals surface area (Å²) >= 11 is 10.6. The molecule has 80 valence electrons. The van der Waals surface area contributed by atoms with E-state index in [0.717, 1.165) is 0 Å². The van der Waals surface area contributed by atoms with Gasteiger partial charge in [0.1, 0.15) is 6.07 Å². The van der Waals surface area contributed by atoms with Gasteiger partial charge >= 0.3 is 16.5 Å². The topological polar surface area (TPSA) is 47.9 Å². The number of aromatic nitrogens is 1. The summed E-state index contributed by atoms with van der Waals surface area (Å²) in [7, 11) is 0. The fourth-order valence-corrected chi connectivity index (χ4v) is 1.37. The molecule has 0 aliphatic rings. The molecule has 0 aromatic carbocycles. The Morgan fingerprint density at radius 2 is 1.93 bits per heavy atom. The maximum Gasteiger partial charge on any atom is 0.418 e. The first-order chi connectivity index (χ1) is 6.79. The van der Waals surface area contributed by atoms with E-state index in [4.69, 9.17) is 33.7 Å². The Hall–Kier alpha value is -1.19. The van der Waals surface area contributed by atoms with Gasteiger partial charge in [-0.15, -0.1) is 0 Å². The summed E-state index contributed by atoms with van der Waals surface area (Å²) < 4.78 is 37.2. The number of rotatable bonds is 0. The van der Waals surface area contributed by atoms with Gasteiger partial charge in [-0.1, -0.05) is 0 Å². The summed E-state index contributed by atoms with van der Waals surface area (Å²) in [5, 5.41) is 16.1. The number of alkyl halides is 3. The molecule has 0 unspecified atom stereocenters. The van der Waals surface area contributed by atoms with Crippen LogP contribution in [0.15, 0.2) is 6.07 Å². The Labute approximate surface area is 91.8 Å². The molecule has 15 heavy (non-hydrogen) atoms. The summed E-state index contributed by atoms with van der Waals surface area (Å²) in [6.07, 6.45) is -4.76. The van der Waals surface area contributed by atoms with Crippen LogP contribution in [0.4, 0.5) is 13.2 Å². The van der Waals surface area contributed by atoms with E-state index in [9.17, 15) is 13.2 Å². The first-order valence-corrected chi connectivity index (χ1v) is 4.15. The molecule has 0 saturated heterocycles. The molecule has 0 aliphatic carbocycles. The summed E-state index contributed by atoms with van der Waals surface area (Å²) in [6.45, 7) is 0. The zero-order chi connectivity index (χ0) is 11.8. The third-order valence-electron chi connectivity index (χ3n) is 1.54. The van der Waals surface area contributed by atoms with Gasteiger partial charge < -0.3 is 0 Å². The van der Waals surface area contributed by atoms with Gasteiger partial charge in [0, 0.05) is 10.8 Å². The van der Waals surface area contributed by atoms with Crippen molar-refractivity contribution in [1.29, 1.82) is 5.26 Å². The van der Waals surface area contributed by atoms with Gasteiger partial charge in [0.05, 0.1) is 5.56 Å². The average Bonchev–Trinajstić information content (AvgIpc) is 2.12. The number of nitrogens with zero attached hydrogens (tertiary/aromatic N) is 2. The predicted molar refractivity (Wildman–Crippen MR) is 43.6 cm³/mol. The predicted octanol–water partition coefficient (Wildman–Crippen LogP) is 2.41. The van der Waals surface area contributed by atoms with Crippen LogP contribution in [-0.2, 0) is 6.18 Å². The second kappa shape index (κ2) is 3.76. The van der Waals surface area contributed by atoms with Crippen LogP contribution >= 0.6 is 23.2 Å². The van der Waals surface area contributed by atoms with Gasteiger partial charge in [-0.05, 0) is 23.2 Å². The molecule has 0 saturated carbocycles. The van der Waals surface area contributed by atoms with E-state index in [1.165, 1.54) is 6.07 Å². The van der Waals surface area contributed by atoms with Crippen LogP contribution in [0.2, 0.25) is 10.3 Å². The lowest BCUT2D eigenvalue weighted by atomic mass is 10.1. The van der Waals surface area contributed by atoms with E-state index in [0.29, 0.717) is 6.07 Å². The van der Waals surface area contributed by atoms with Gasteiger partial charge in [0.25, 0.3) is 0 Å². The molecule has 1 N–H and O–H groups in total. The number of halogens is 5. The van der Waals surface area contributed by atoms with Crippen LogP contribution in [0, 0.1) is 11.3 Å². The van der Waals surface area contributed by atoms with Crippen molar-refractivity contribution >= 4 is 23.2 Å². The van der Waals surface area contributed by atoms with Crippen LogP contribution in [0.1, 0.15) is 11.1 Å². The maximum absolute atomic E-state index is 12.4. The molecule has 1 heterocycles. The Bertz CT molecular complexity index is 453. The Kier molecular flexibility index (Phi) is 2.98. The lowest BCUT2D eigenvalue weighted by Gasteiger charge is -2.07. The summed E-state index contributed by atoms with van der Waals surface area (Å²) in [6, 6.07) is 1.67. The molecular weight excluding hydrogens is 256 g/mol. The minimum Gasteiger partial charge on any atom is -0.282 e. The standard InChI is InChI=1S/C7H2Cl2F3N2O/c8-5-1-4(7(10,11)12)3(2-13)6(9)14(5)15/h1,15H/q+1. The van der Waals surface area contributed by atoms with Crippen molar-refractivity contribution in [1.82, 2.24) is 0 Å². The van der Waals surface area contributed by atoms with E-state index in [2.05, 4.69) is 0 Å². The normalized spacial score (nSPS) is 11.2. The molecule has 1 rings (SSSR count). The van der Waals surface area contributed by atoms with Crippen LogP contribution in [-0.4, -0.2) is 5.21 Å². The molecule has 0 aliphatic heterocycles. The van der Waals surface area contributed by atoms with Gasteiger partial charge in [-0.2, -0.15) is 18.4 Å². The highest BCUT2D eigenvalue weighted by molar-refractivity contribution is 6.31. The fourth-order valence-electron chi connectivity index (χ4n) is 0.893. The first-order valence-electron chi connectivity index (χ1n) is 3.39. The molecule has 0 bridgehead atoms. The van der Waals surface area contributed by atoms with Crippen molar-refractivity contribution in [2.45, 2.75) is 6.18 Å². The zero-order valence-electron chi connectivity index (χ0n) is 6.81. The Morgan fingerprint density at radius 3 is 2.33 bits per heavy atom. The fraction of sp³-hybridized carbons (Fsp3) is 0.143. The van der Waals surface area contributed by atoms with Crippen molar-refractivity contribution in [2.75, 3.05) is 0 Å². The molecule has 0 atom stereocenters. The largest absolute Gasteiger partial charge is 0.418 e. The molecule has 1 aromatic rings. The van der Waals surface area contributed by atoms with Crippen molar-refractivity contribution in [3.8, 4) is 6.07 Å². The Balaban J connectivity index is 3.62. The number of hydrogen-bond donors (Lipinski definition) is 1. The molecule has 1 aromatic heterocycles. The highest BCUT2D eigenvalue weighted by atomic mass is 35.5. The molecule has 3 nitrogen and oxygen atoms in total. The van der Waals surface area contributed by atoms with Crippen LogP contribution in [0.5, 0.6) is 0 Å². The highest BCUT2D eigenvalue weighted by Crippen LogP contribution is 2.34. The van der Waals surface area contributed by atoms with Crippen molar-refractivity contribution in [2.24, 2.45) is 0 Å². The number of pyridine rings is 1. The van der Waals surface area contributed by atoms with Gasteiger partial charge in [0.2, 0.25) is 0 Å². The third kappa shape index (κ3) is 2.08. The summed E-state index contributed by atoms with van der Waals surface area (Å²) in [4.78, 5) is 0. The molecule has 0 radical (unpaired) electrons. The van der Waals surface area contributed by atoms with Crippen molar-refractivity contribution in [3.63, 3.8) is 0 Å². The van der Waals surface area contributed by atoms with E-state index < -0.39 is 27.6 Å². The second-order valence-corrected chi connectivity index (χ2v) is 3.21. The van der Waals surface area contributed by atoms with E-state index in [1.807, 2.05) is 0 Å². The van der Waals surface area contributed by atoms with Crippen LogP contribution in [0.3, 0.4) is 0 Å². The highest BCUT2D eigenvalue weighted by Gasteiger charge is 2.39. The van der Waals surface area contributed by atoms with Gasteiger partial charge in [-0.25, -0.2) is 0 Å². The molecule has 8 heteroatoms. The molecular formula is C7H2Cl2F3N2O+. The zero-order valence-corrected chi connectivity index (χ0v) is 8.32. The van der Waals surface area contributed by atoms with E-state index in [-0.39, 0.29) is 4.73 Å². The third-order valence-corrected chi connectivity index (χ3v) is 2.16. The lowest BCUT2D eigenvalue weighted by Crippen LogP contribution is -2.35. The molecule has 0 spiro atoms. The van der Waals surface area contributed by atoms with E-state index in [1.54, 1.807) is 0 Å². The monoisotopic (exact) mass is 257 g/mol. The van der Waals surface area contributed by atoms with Crippen molar-refractivity contribution < 1.29 is 23.1 Å². The number of hydrogen-bond acceptors (Lipinski definition) is 2. The quantitative estimate of drug-likeness (QED) is 0.441. The first kappa shape index (κ1) is 11.9. The summed E-state index contributed by atoms with van der Waals surface area (Å²) in [5.74, 6) is 0. The van der Waals surface area contributed by atoms with Crippen LogP contribution in [0.25, 0.3) is 0 Å². The molecule has 0 amide bonds. The smallest absolute Gasteiger partial charge is 0.282 e. The SMILES string of the molecule is N#Cc1c(C(F)(F)F)cc(Cl)[n+](O)c1Cl. The number of nitriles is 1. The average molecular weight is 258 g/mol. The minimum absolute atomic E-state index is 0.0942. The van der Waals surface area contributed by atoms with Crippen LogP contribution < -0.4 is 4.73 Å². The Morgan fingerprint density at radius 1 is 1.40 bits per heavy atom. The van der Waals surface area contributed by atoms with Gasteiger partial charge in [0.15, 0.2) is 5.56 Å². The van der Waals surface area contributed by atoms with Crippen molar-refractivity contribution in [3.05, 3.63) is 27.5 Å². The minimum atomic E-state index is -4.76.